The maximum Gasteiger partial charge on any atom is 0.219 e. The Morgan fingerprint density at radius 2 is 1.65 bits per heavy atom. The van der Waals surface area contributed by atoms with Gasteiger partial charge < -0.3 is 4.23 Å². The summed E-state index contributed by atoms with van der Waals surface area (Å²) < 4.78 is 2.65. The minimum absolute atomic E-state index is 0.181. The van der Waals surface area contributed by atoms with Crippen LogP contribution >= 0.6 is 11.8 Å². The topological polar surface area (TPSA) is 20.3 Å². The number of benzene rings is 1. The number of carbonyl (C=O) groups is 1. The lowest BCUT2D eigenvalue weighted by Gasteiger charge is -2.46. The summed E-state index contributed by atoms with van der Waals surface area (Å²) in [4.78, 5) is 12.1. The standard InChI is InChI=1S/C15H27NOSSi2/c1-8-18-15(17)13-10-9-11-14(12-13)16(19(2,3)4)20(5,6)7/h9-12H,8H2,1-7H3. The van der Waals surface area contributed by atoms with Crippen molar-refractivity contribution in [3.63, 3.8) is 0 Å². The molecule has 0 radical (unpaired) electrons. The third kappa shape index (κ3) is 4.50. The maximum absolute atomic E-state index is 12.1. The van der Waals surface area contributed by atoms with E-state index in [4.69, 9.17) is 0 Å². The van der Waals surface area contributed by atoms with Gasteiger partial charge in [-0.25, -0.2) is 0 Å². The number of nitrogens with zero attached hydrogens (tertiary/aromatic N) is 1. The van der Waals surface area contributed by atoms with Gasteiger partial charge in [-0.1, -0.05) is 70.1 Å². The Hall–Kier alpha value is -0.526. The Bertz CT molecular complexity index is 463. The van der Waals surface area contributed by atoms with Crippen molar-refractivity contribution in [2.45, 2.75) is 46.2 Å². The molecule has 0 N–H and O–H groups in total. The van der Waals surface area contributed by atoms with Gasteiger partial charge in [0.25, 0.3) is 0 Å². The highest BCUT2D eigenvalue weighted by Gasteiger charge is 2.34. The van der Waals surface area contributed by atoms with Crippen molar-refractivity contribution in [2.75, 3.05) is 9.98 Å². The van der Waals surface area contributed by atoms with Crippen molar-refractivity contribution in [1.29, 1.82) is 0 Å². The van der Waals surface area contributed by atoms with Crippen LogP contribution in [-0.4, -0.2) is 27.3 Å². The molecular weight excluding hydrogens is 298 g/mol. The zero-order valence-electron chi connectivity index (χ0n) is 13.8. The van der Waals surface area contributed by atoms with Crippen molar-refractivity contribution < 1.29 is 4.79 Å². The molecule has 112 valence electrons. The van der Waals surface area contributed by atoms with Crippen LogP contribution in [0, 0.1) is 0 Å². The van der Waals surface area contributed by atoms with Gasteiger partial charge in [-0.15, -0.1) is 0 Å². The monoisotopic (exact) mass is 325 g/mol. The summed E-state index contributed by atoms with van der Waals surface area (Å²) in [7, 11) is -2.92. The predicted molar refractivity (Wildman–Crippen MR) is 98.1 cm³/mol. The van der Waals surface area contributed by atoms with Gasteiger partial charge in [-0.3, -0.25) is 4.79 Å². The molecule has 0 bridgehead atoms. The van der Waals surface area contributed by atoms with E-state index >= 15 is 0 Å². The number of thioether (sulfide) groups is 1. The van der Waals surface area contributed by atoms with E-state index in [1.165, 1.54) is 17.4 Å². The summed E-state index contributed by atoms with van der Waals surface area (Å²) in [5, 5.41) is 0.181. The molecule has 0 aromatic heterocycles. The van der Waals surface area contributed by atoms with E-state index in [9.17, 15) is 4.79 Å². The van der Waals surface area contributed by atoms with E-state index in [1.807, 2.05) is 19.1 Å². The van der Waals surface area contributed by atoms with Crippen LogP contribution < -0.4 is 4.23 Å². The second-order valence-corrected chi connectivity index (χ2v) is 18.2. The highest BCUT2D eigenvalue weighted by molar-refractivity contribution is 8.14. The van der Waals surface area contributed by atoms with E-state index in [2.05, 4.69) is 55.6 Å². The van der Waals surface area contributed by atoms with Gasteiger partial charge in [-0.05, 0) is 17.9 Å². The predicted octanol–water partition coefficient (Wildman–Crippen LogP) is 5.06. The number of hydrogen-bond donors (Lipinski definition) is 0. The molecule has 0 heterocycles. The van der Waals surface area contributed by atoms with Gasteiger partial charge in [0.15, 0.2) is 0 Å². The van der Waals surface area contributed by atoms with Crippen LogP contribution in [0.4, 0.5) is 5.69 Å². The molecule has 5 heteroatoms. The van der Waals surface area contributed by atoms with Crippen LogP contribution in [0.1, 0.15) is 17.3 Å². The largest absolute Gasteiger partial charge is 0.425 e. The number of carbonyl (C=O) groups excluding carboxylic acids is 1. The first-order valence-electron chi connectivity index (χ1n) is 7.15. The summed E-state index contributed by atoms with van der Waals surface area (Å²) in [6.45, 7) is 16.3. The zero-order chi connectivity index (χ0) is 15.6. The van der Waals surface area contributed by atoms with Crippen LogP contribution in [0.2, 0.25) is 39.3 Å². The lowest BCUT2D eigenvalue weighted by molar-refractivity contribution is 0.108. The fourth-order valence-corrected chi connectivity index (χ4v) is 13.2. The minimum atomic E-state index is -1.46. The molecule has 0 atom stereocenters. The molecule has 0 saturated heterocycles. The van der Waals surface area contributed by atoms with Crippen LogP contribution in [-0.2, 0) is 0 Å². The molecule has 0 aliphatic carbocycles. The highest BCUT2D eigenvalue weighted by Crippen LogP contribution is 2.29. The fraction of sp³-hybridized carbons (Fsp3) is 0.533. The first-order valence-corrected chi connectivity index (χ1v) is 15.0. The zero-order valence-corrected chi connectivity index (χ0v) is 16.6. The highest BCUT2D eigenvalue weighted by atomic mass is 32.2. The Labute approximate surface area is 130 Å². The maximum atomic E-state index is 12.1. The first-order chi connectivity index (χ1) is 9.07. The quantitative estimate of drug-likeness (QED) is 0.706. The second-order valence-electron chi connectivity index (χ2n) is 6.95. The average Bonchev–Trinajstić information content (AvgIpc) is 2.25. The smallest absolute Gasteiger partial charge is 0.219 e. The summed E-state index contributed by atoms with van der Waals surface area (Å²) >= 11 is 1.39. The summed E-state index contributed by atoms with van der Waals surface area (Å²) in [6, 6.07) is 8.19. The Balaban J connectivity index is 3.23. The molecule has 0 aliphatic heterocycles. The SMILES string of the molecule is CCSC(=O)c1cccc(N([Si](C)(C)C)[Si](C)(C)C)c1. The molecule has 20 heavy (non-hydrogen) atoms. The van der Waals surface area contributed by atoms with Crippen LogP contribution in [0.5, 0.6) is 0 Å². The van der Waals surface area contributed by atoms with Gasteiger partial charge in [0.05, 0.1) is 0 Å². The number of anilines is 1. The minimum Gasteiger partial charge on any atom is -0.425 e. The number of rotatable bonds is 5. The van der Waals surface area contributed by atoms with Crippen LogP contribution in [0.25, 0.3) is 0 Å². The van der Waals surface area contributed by atoms with E-state index in [-0.39, 0.29) is 5.12 Å². The Morgan fingerprint density at radius 3 is 2.10 bits per heavy atom. The van der Waals surface area contributed by atoms with Crippen molar-refractivity contribution in [3.8, 4) is 0 Å². The molecule has 0 saturated carbocycles. The van der Waals surface area contributed by atoms with Gasteiger partial charge in [0.1, 0.15) is 16.5 Å². The van der Waals surface area contributed by atoms with Crippen LogP contribution in [0.3, 0.4) is 0 Å². The molecule has 1 aromatic carbocycles. The lowest BCUT2D eigenvalue weighted by Crippen LogP contribution is -2.59. The van der Waals surface area contributed by atoms with Crippen molar-refractivity contribution in [3.05, 3.63) is 29.8 Å². The molecule has 0 aliphatic rings. The fourth-order valence-electron chi connectivity index (χ4n) is 2.77. The summed E-state index contributed by atoms with van der Waals surface area (Å²) in [5.41, 5.74) is 2.06. The van der Waals surface area contributed by atoms with Gasteiger partial charge in [-0.2, -0.15) is 0 Å². The van der Waals surface area contributed by atoms with E-state index in [0.29, 0.717) is 0 Å². The molecule has 0 spiro atoms. The molecule has 0 fully saturated rings. The van der Waals surface area contributed by atoms with E-state index < -0.39 is 16.5 Å². The molecule has 1 aromatic rings. The van der Waals surface area contributed by atoms with Crippen molar-refractivity contribution in [2.24, 2.45) is 0 Å². The Kier molecular flexibility index (Phi) is 5.69. The molecule has 0 amide bonds. The number of hydrogen-bond acceptors (Lipinski definition) is 3. The van der Waals surface area contributed by atoms with Crippen LogP contribution in [0.15, 0.2) is 24.3 Å². The summed E-state index contributed by atoms with van der Waals surface area (Å²) in [6.07, 6.45) is 0. The Morgan fingerprint density at radius 1 is 1.10 bits per heavy atom. The molecule has 0 unspecified atom stereocenters. The average molecular weight is 326 g/mol. The first kappa shape index (κ1) is 17.5. The van der Waals surface area contributed by atoms with Crippen molar-refractivity contribution in [1.82, 2.24) is 0 Å². The molecule has 2 nitrogen and oxygen atoms in total. The molecular formula is C15H27NOSSi2. The van der Waals surface area contributed by atoms with E-state index in [1.54, 1.807) is 0 Å². The summed E-state index contributed by atoms with van der Waals surface area (Å²) in [5.74, 6) is 0.828. The van der Waals surface area contributed by atoms with Gasteiger partial charge in [0.2, 0.25) is 5.12 Å². The lowest BCUT2D eigenvalue weighted by atomic mass is 10.2. The van der Waals surface area contributed by atoms with E-state index in [0.717, 1.165) is 11.3 Å². The second kappa shape index (κ2) is 6.49. The van der Waals surface area contributed by atoms with Crippen molar-refractivity contribution >= 4 is 39.0 Å². The van der Waals surface area contributed by atoms with Gasteiger partial charge >= 0.3 is 0 Å². The van der Waals surface area contributed by atoms with Gasteiger partial charge in [0, 0.05) is 11.3 Å². The third-order valence-corrected chi connectivity index (χ3v) is 11.0. The third-order valence-electron chi connectivity index (χ3n) is 2.96. The normalized spacial score (nSPS) is 12.3. The molecule has 1 rings (SSSR count).